The number of piperidine rings is 1. The van der Waals surface area contributed by atoms with Crippen molar-refractivity contribution in [3.63, 3.8) is 0 Å². The van der Waals surface area contributed by atoms with Crippen LogP contribution >= 0.6 is 0 Å². The molecule has 34 heavy (non-hydrogen) atoms. The predicted molar refractivity (Wildman–Crippen MR) is 127 cm³/mol. The van der Waals surface area contributed by atoms with Crippen LogP contribution in [-0.4, -0.2) is 60.8 Å². The molecule has 1 saturated heterocycles. The van der Waals surface area contributed by atoms with Gasteiger partial charge in [0.25, 0.3) is 0 Å². The average Bonchev–Trinajstić information content (AvgIpc) is 3.44. The van der Waals surface area contributed by atoms with Crippen LogP contribution in [0.15, 0.2) is 18.3 Å². The molecule has 10 nitrogen and oxygen atoms in total. The topological polar surface area (TPSA) is 120 Å². The van der Waals surface area contributed by atoms with Crippen LogP contribution in [0.1, 0.15) is 50.2 Å². The van der Waals surface area contributed by atoms with Gasteiger partial charge in [-0.25, -0.2) is 14.4 Å². The molecule has 1 aliphatic heterocycles. The van der Waals surface area contributed by atoms with Gasteiger partial charge in [-0.05, 0) is 39.7 Å². The van der Waals surface area contributed by atoms with Gasteiger partial charge in [-0.1, -0.05) is 0 Å². The highest BCUT2D eigenvalue weighted by Crippen LogP contribution is 2.33. The maximum absolute atomic E-state index is 14.4. The lowest BCUT2D eigenvalue weighted by Gasteiger charge is -2.33. The second-order valence-corrected chi connectivity index (χ2v) is 9.01. The van der Waals surface area contributed by atoms with E-state index in [0.717, 1.165) is 37.3 Å². The molecule has 5 rings (SSSR count). The predicted octanol–water partition coefficient (Wildman–Crippen LogP) is 2.84. The van der Waals surface area contributed by atoms with E-state index in [2.05, 4.69) is 20.1 Å². The van der Waals surface area contributed by atoms with Crippen LogP contribution in [-0.2, 0) is 0 Å². The number of aliphatic hydroxyl groups excluding tert-OH is 1. The van der Waals surface area contributed by atoms with Crippen molar-refractivity contribution < 1.29 is 14.2 Å². The second kappa shape index (κ2) is 8.39. The van der Waals surface area contributed by atoms with Gasteiger partial charge < -0.3 is 20.5 Å². The van der Waals surface area contributed by atoms with Crippen LogP contribution in [0, 0.1) is 12.7 Å². The summed E-state index contributed by atoms with van der Waals surface area (Å²) in [6.07, 6.45) is 3.26. The fourth-order valence-corrected chi connectivity index (χ4v) is 4.72. The summed E-state index contributed by atoms with van der Waals surface area (Å²) >= 11 is 0. The SMILES string of the molecule is COc1cc2nc(N)n3nc(C4CCCN(c5cnn([C@@H](C)[C@H](C)O)c5C)C4)nc3c2cc1F. The van der Waals surface area contributed by atoms with Crippen molar-refractivity contribution in [1.29, 1.82) is 0 Å². The van der Waals surface area contributed by atoms with Gasteiger partial charge in [0.05, 0.1) is 42.4 Å². The van der Waals surface area contributed by atoms with Crippen LogP contribution in [0.2, 0.25) is 0 Å². The summed E-state index contributed by atoms with van der Waals surface area (Å²) in [5.74, 6) is 0.530. The molecule has 1 aliphatic rings. The Morgan fingerprint density at radius 3 is 2.79 bits per heavy atom. The van der Waals surface area contributed by atoms with Gasteiger partial charge in [0.2, 0.25) is 5.95 Å². The van der Waals surface area contributed by atoms with E-state index in [1.807, 2.05) is 24.7 Å². The molecule has 3 aromatic heterocycles. The van der Waals surface area contributed by atoms with Crippen molar-refractivity contribution in [1.82, 2.24) is 29.4 Å². The standard InChI is InChI=1S/C23H29FN8O2/c1-12(14(3)33)31-13(2)19(10-26-31)30-7-5-6-15(11-30)21-28-22-16-8-17(24)20(34-4)9-18(16)27-23(25)32(22)29-21/h8-10,12,14-15,33H,5-7,11H2,1-4H3,(H2,25,27)/t12-,14-,15?/m0/s1. The van der Waals surface area contributed by atoms with E-state index in [0.29, 0.717) is 22.4 Å². The van der Waals surface area contributed by atoms with E-state index in [4.69, 9.17) is 15.5 Å². The van der Waals surface area contributed by atoms with Crippen molar-refractivity contribution in [3.8, 4) is 5.75 Å². The fraction of sp³-hybridized carbons (Fsp3) is 0.478. The first kappa shape index (κ1) is 22.3. The van der Waals surface area contributed by atoms with Gasteiger partial charge in [-0.3, -0.25) is 4.68 Å². The monoisotopic (exact) mass is 468 g/mol. The minimum Gasteiger partial charge on any atom is -0.494 e. The molecule has 11 heteroatoms. The number of nitrogens with two attached hydrogens (primary N) is 1. The van der Waals surface area contributed by atoms with Gasteiger partial charge in [0, 0.05) is 30.5 Å². The van der Waals surface area contributed by atoms with E-state index < -0.39 is 11.9 Å². The third kappa shape index (κ3) is 3.60. The van der Waals surface area contributed by atoms with E-state index >= 15 is 0 Å². The Labute approximate surface area is 196 Å². The molecule has 0 radical (unpaired) electrons. The van der Waals surface area contributed by atoms with Gasteiger partial charge in [0.15, 0.2) is 23.0 Å². The largest absolute Gasteiger partial charge is 0.494 e. The number of aliphatic hydroxyl groups is 1. The molecule has 0 amide bonds. The van der Waals surface area contributed by atoms with Crippen molar-refractivity contribution in [2.75, 3.05) is 30.8 Å². The molecule has 4 aromatic rings. The van der Waals surface area contributed by atoms with E-state index in [1.54, 1.807) is 6.92 Å². The fourth-order valence-electron chi connectivity index (χ4n) is 4.72. The number of aromatic nitrogens is 6. The maximum Gasteiger partial charge on any atom is 0.223 e. The summed E-state index contributed by atoms with van der Waals surface area (Å²) in [6, 6.07) is 2.77. The summed E-state index contributed by atoms with van der Waals surface area (Å²) in [5, 5.41) is 19.7. The Balaban J connectivity index is 1.49. The average molecular weight is 469 g/mol. The molecule has 0 spiro atoms. The van der Waals surface area contributed by atoms with Gasteiger partial charge in [-0.2, -0.15) is 9.61 Å². The van der Waals surface area contributed by atoms with Crippen LogP contribution in [0.4, 0.5) is 16.0 Å². The first-order valence-electron chi connectivity index (χ1n) is 11.4. The number of fused-ring (bicyclic) bond motifs is 3. The number of methoxy groups -OCH3 is 1. The zero-order valence-electron chi connectivity index (χ0n) is 19.7. The molecule has 180 valence electrons. The Bertz CT molecular complexity index is 1360. The summed E-state index contributed by atoms with van der Waals surface area (Å²) in [5.41, 5.74) is 9.20. The zero-order valence-corrected chi connectivity index (χ0v) is 19.7. The lowest BCUT2D eigenvalue weighted by molar-refractivity contribution is 0.131. The third-order valence-electron chi connectivity index (χ3n) is 6.82. The highest BCUT2D eigenvalue weighted by Gasteiger charge is 2.28. The third-order valence-corrected chi connectivity index (χ3v) is 6.82. The Hall–Kier alpha value is -3.47. The summed E-state index contributed by atoms with van der Waals surface area (Å²) < 4.78 is 22.8. The minimum absolute atomic E-state index is 0.0723. The van der Waals surface area contributed by atoms with Crippen molar-refractivity contribution >= 4 is 28.2 Å². The van der Waals surface area contributed by atoms with Crippen LogP contribution in [0.25, 0.3) is 16.6 Å². The summed E-state index contributed by atoms with van der Waals surface area (Å²) in [6.45, 7) is 7.37. The zero-order chi connectivity index (χ0) is 24.1. The number of nitrogen functional groups attached to an aromatic ring is 1. The first-order chi connectivity index (χ1) is 16.3. The molecule has 4 heterocycles. The molecular formula is C23H29FN8O2. The molecular weight excluding hydrogens is 439 g/mol. The molecule has 0 saturated carbocycles. The van der Waals surface area contributed by atoms with Crippen LogP contribution < -0.4 is 15.4 Å². The van der Waals surface area contributed by atoms with E-state index in [9.17, 15) is 9.50 Å². The lowest BCUT2D eigenvalue weighted by atomic mass is 9.97. The quantitative estimate of drug-likeness (QED) is 0.459. The van der Waals surface area contributed by atoms with E-state index in [1.165, 1.54) is 23.8 Å². The Morgan fingerprint density at radius 1 is 1.26 bits per heavy atom. The summed E-state index contributed by atoms with van der Waals surface area (Å²) in [4.78, 5) is 11.4. The Morgan fingerprint density at radius 2 is 2.06 bits per heavy atom. The van der Waals surface area contributed by atoms with Gasteiger partial charge in [-0.15, -0.1) is 5.10 Å². The van der Waals surface area contributed by atoms with Gasteiger partial charge >= 0.3 is 0 Å². The molecule has 3 N–H and O–H groups in total. The number of hydrogen-bond donors (Lipinski definition) is 2. The molecule has 3 atom stereocenters. The maximum atomic E-state index is 14.4. The number of nitrogens with zero attached hydrogens (tertiary/aromatic N) is 7. The Kier molecular flexibility index (Phi) is 5.51. The molecule has 1 aromatic carbocycles. The minimum atomic E-state index is -0.499. The van der Waals surface area contributed by atoms with Crippen molar-refractivity contribution in [3.05, 3.63) is 35.7 Å². The normalized spacial score (nSPS) is 18.5. The molecule has 0 aliphatic carbocycles. The van der Waals surface area contributed by atoms with Crippen LogP contribution in [0.3, 0.4) is 0 Å². The second-order valence-electron chi connectivity index (χ2n) is 9.01. The van der Waals surface area contributed by atoms with Crippen LogP contribution in [0.5, 0.6) is 5.75 Å². The molecule has 0 bridgehead atoms. The lowest BCUT2D eigenvalue weighted by Crippen LogP contribution is -2.35. The molecule has 1 fully saturated rings. The first-order valence-corrected chi connectivity index (χ1v) is 11.4. The van der Waals surface area contributed by atoms with Gasteiger partial charge in [0.1, 0.15) is 0 Å². The smallest absolute Gasteiger partial charge is 0.223 e. The summed E-state index contributed by atoms with van der Waals surface area (Å²) in [7, 11) is 1.41. The van der Waals surface area contributed by atoms with Crippen molar-refractivity contribution in [2.24, 2.45) is 0 Å². The number of benzene rings is 1. The van der Waals surface area contributed by atoms with Crippen molar-refractivity contribution in [2.45, 2.75) is 51.7 Å². The molecule has 1 unspecified atom stereocenters. The number of rotatable bonds is 5. The van der Waals surface area contributed by atoms with E-state index in [-0.39, 0.29) is 23.7 Å². The number of ether oxygens (including phenoxy) is 1. The number of halogens is 1. The number of anilines is 2. The highest BCUT2D eigenvalue weighted by molar-refractivity contribution is 5.93. The highest BCUT2D eigenvalue weighted by atomic mass is 19.1. The number of hydrogen-bond acceptors (Lipinski definition) is 8.